The quantitative estimate of drug-likeness (QED) is 0.697. The third-order valence-electron chi connectivity index (χ3n) is 2.79. The number of nitrogens with one attached hydrogen (secondary N) is 1. The van der Waals surface area contributed by atoms with E-state index in [1.807, 2.05) is 25.1 Å². The summed E-state index contributed by atoms with van der Waals surface area (Å²) in [5.74, 6) is 0.437. The molecule has 0 spiro atoms. The van der Waals surface area contributed by atoms with Crippen LogP contribution < -0.4 is 10.1 Å². The number of rotatable bonds is 6. The van der Waals surface area contributed by atoms with Crippen molar-refractivity contribution in [2.45, 2.75) is 25.9 Å². The van der Waals surface area contributed by atoms with Gasteiger partial charge in [-0.2, -0.15) is 0 Å². The van der Waals surface area contributed by atoms with Crippen LogP contribution in [0.15, 0.2) is 18.2 Å². The minimum atomic E-state index is -1.30. The van der Waals surface area contributed by atoms with Crippen molar-refractivity contribution < 1.29 is 19.7 Å². The molecule has 5 heteroatoms. The maximum atomic E-state index is 11.8. The molecule has 0 aromatic heterocycles. The van der Waals surface area contributed by atoms with Crippen LogP contribution in [0.5, 0.6) is 5.75 Å². The highest BCUT2D eigenvalue weighted by Gasteiger charge is 2.20. The lowest BCUT2D eigenvalue weighted by Gasteiger charge is -2.20. The Bertz CT molecular complexity index is 443. The third-order valence-corrected chi connectivity index (χ3v) is 2.79. The van der Waals surface area contributed by atoms with Crippen LogP contribution in [0, 0.1) is 6.92 Å². The van der Waals surface area contributed by atoms with Gasteiger partial charge in [-0.25, -0.2) is 0 Å². The Kier molecular flexibility index (Phi) is 5.32. The maximum Gasteiger partial charge on any atom is 0.224 e. The number of benzene rings is 1. The summed E-state index contributed by atoms with van der Waals surface area (Å²) in [6.45, 7) is 3.01. The summed E-state index contributed by atoms with van der Waals surface area (Å²) in [4.78, 5) is 11.8. The Morgan fingerprint density at radius 2 is 2.16 bits per heavy atom. The molecule has 0 bridgehead atoms. The first-order valence-electron chi connectivity index (χ1n) is 6.11. The molecule has 1 aromatic carbocycles. The summed E-state index contributed by atoms with van der Waals surface area (Å²) >= 11 is 0. The fourth-order valence-electron chi connectivity index (χ4n) is 1.63. The van der Waals surface area contributed by atoms with E-state index >= 15 is 0 Å². The van der Waals surface area contributed by atoms with Gasteiger partial charge < -0.3 is 20.3 Å². The van der Waals surface area contributed by atoms with Crippen molar-refractivity contribution >= 4 is 5.91 Å². The van der Waals surface area contributed by atoms with Crippen molar-refractivity contribution in [3.05, 3.63) is 29.3 Å². The number of methoxy groups -OCH3 is 1. The van der Waals surface area contributed by atoms with E-state index in [-0.39, 0.29) is 18.9 Å². The minimum absolute atomic E-state index is 0.0104. The molecule has 1 atom stereocenters. The number of aliphatic hydroxyl groups is 2. The average Bonchev–Trinajstić information content (AvgIpc) is 2.37. The Labute approximate surface area is 113 Å². The Balaban J connectivity index is 2.64. The average molecular weight is 267 g/mol. The molecule has 0 fully saturated rings. The number of ether oxygens (including phenoxy) is 1. The number of aryl methyl sites for hydroxylation is 1. The van der Waals surface area contributed by atoms with Gasteiger partial charge in [-0.1, -0.05) is 17.7 Å². The van der Waals surface area contributed by atoms with Gasteiger partial charge in [-0.3, -0.25) is 4.79 Å². The van der Waals surface area contributed by atoms with Gasteiger partial charge >= 0.3 is 0 Å². The Morgan fingerprint density at radius 1 is 1.47 bits per heavy atom. The van der Waals surface area contributed by atoms with Crippen LogP contribution in [-0.2, 0) is 11.2 Å². The van der Waals surface area contributed by atoms with Gasteiger partial charge in [-0.05, 0) is 19.9 Å². The zero-order valence-corrected chi connectivity index (χ0v) is 11.6. The van der Waals surface area contributed by atoms with Gasteiger partial charge in [0.25, 0.3) is 0 Å². The molecular weight excluding hydrogens is 246 g/mol. The highest BCUT2D eigenvalue weighted by molar-refractivity contribution is 5.79. The largest absolute Gasteiger partial charge is 0.496 e. The fourth-order valence-corrected chi connectivity index (χ4v) is 1.63. The smallest absolute Gasteiger partial charge is 0.224 e. The Morgan fingerprint density at radius 3 is 2.74 bits per heavy atom. The summed E-state index contributed by atoms with van der Waals surface area (Å²) in [5, 5.41) is 21.1. The van der Waals surface area contributed by atoms with Gasteiger partial charge in [-0.15, -0.1) is 0 Å². The summed E-state index contributed by atoms with van der Waals surface area (Å²) < 4.78 is 5.20. The number of hydrogen-bond donors (Lipinski definition) is 3. The molecule has 1 rings (SSSR count). The van der Waals surface area contributed by atoms with Crippen molar-refractivity contribution in [2.24, 2.45) is 0 Å². The highest BCUT2D eigenvalue weighted by atomic mass is 16.5. The van der Waals surface area contributed by atoms with E-state index in [1.165, 1.54) is 6.92 Å². The van der Waals surface area contributed by atoms with Crippen LogP contribution in [0.1, 0.15) is 18.1 Å². The van der Waals surface area contributed by atoms with Crippen LogP contribution >= 0.6 is 0 Å². The topological polar surface area (TPSA) is 78.8 Å². The van der Waals surface area contributed by atoms with Crippen molar-refractivity contribution in [1.82, 2.24) is 5.32 Å². The van der Waals surface area contributed by atoms with Crippen molar-refractivity contribution in [3.8, 4) is 5.75 Å². The van der Waals surface area contributed by atoms with Crippen LogP contribution in [-0.4, -0.2) is 42.0 Å². The molecule has 1 unspecified atom stereocenters. The monoisotopic (exact) mass is 267 g/mol. The Hall–Kier alpha value is -1.59. The molecule has 0 aliphatic rings. The van der Waals surface area contributed by atoms with E-state index in [0.29, 0.717) is 5.75 Å². The van der Waals surface area contributed by atoms with Gasteiger partial charge in [0.05, 0.1) is 20.1 Å². The van der Waals surface area contributed by atoms with Crippen molar-refractivity contribution in [3.63, 3.8) is 0 Å². The summed E-state index contributed by atoms with van der Waals surface area (Å²) in [7, 11) is 1.56. The summed E-state index contributed by atoms with van der Waals surface area (Å²) in [5.41, 5.74) is 0.543. The van der Waals surface area contributed by atoms with E-state index in [1.54, 1.807) is 7.11 Å². The first kappa shape index (κ1) is 15.5. The van der Waals surface area contributed by atoms with Crippen molar-refractivity contribution in [2.75, 3.05) is 20.3 Å². The molecule has 0 saturated heterocycles. The maximum absolute atomic E-state index is 11.8. The zero-order chi connectivity index (χ0) is 14.5. The molecule has 0 aliphatic heterocycles. The molecule has 3 N–H and O–H groups in total. The normalized spacial score (nSPS) is 13.7. The van der Waals surface area contributed by atoms with Gasteiger partial charge in [0.15, 0.2) is 0 Å². The lowest BCUT2D eigenvalue weighted by molar-refractivity contribution is -0.122. The van der Waals surface area contributed by atoms with Crippen molar-refractivity contribution in [1.29, 1.82) is 0 Å². The molecule has 0 aliphatic carbocycles. The second-order valence-electron chi connectivity index (χ2n) is 4.92. The SMILES string of the molecule is COc1ccc(C)cc1CC(=O)NCC(C)(O)CO. The second kappa shape index (κ2) is 6.54. The minimum Gasteiger partial charge on any atom is -0.496 e. The number of aliphatic hydroxyl groups excluding tert-OH is 1. The second-order valence-corrected chi connectivity index (χ2v) is 4.92. The molecular formula is C14H21NO4. The molecule has 106 valence electrons. The van der Waals surface area contributed by atoms with Gasteiger partial charge in [0, 0.05) is 12.1 Å². The molecule has 0 radical (unpaired) electrons. The van der Waals surface area contributed by atoms with E-state index in [4.69, 9.17) is 9.84 Å². The summed E-state index contributed by atoms with van der Waals surface area (Å²) in [6, 6.07) is 5.63. The fraction of sp³-hybridized carbons (Fsp3) is 0.500. The van der Waals surface area contributed by atoms with Crippen LogP contribution in [0.25, 0.3) is 0 Å². The molecule has 19 heavy (non-hydrogen) atoms. The summed E-state index contributed by atoms with van der Waals surface area (Å²) in [6.07, 6.45) is 0.173. The van der Waals surface area contributed by atoms with E-state index < -0.39 is 12.2 Å². The first-order chi connectivity index (χ1) is 8.88. The molecule has 5 nitrogen and oxygen atoms in total. The first-order valence-corrected chi connectivity index (χ1v) is 6.11. The standard InChI is InChI=1S/C14H21NO4/c1-10-4-5-12(19-3)11(6-10)7-13(17)15-8-14(2,18)9-16/h4-6,16,18H,7-9H2,1-3H3,(H,15,17). The van der Waals surface area contributed by atoms with E-state index in [9.17, 15) is 9.90 Å². The van der Waals surface area contributed by atoms with Crippen LogP contribution in [0.4, 0.5) is 0 Å². The lowest BCUT2D eigenvalue weighted by atomic mass is 10.1. The molecule has 0 heterocycles. The van der Waals surface area contributed by atoms with Gasteiger partial charge in [0.2, 0.25) is 5.91 Å². The number of hydrogen-bond acceptors (Lipinski definition) is 4. The number of carbonyl (C=O) groups excluding carboxylic acids is 1. The van der Waals surface area contributed by atoms with Crippen LogP contribution in [0.3, 0.4) is 0 Å². The van der Waals surface area contributed by atoms with Crippen LogP contribution in [0.2, 0.25) is 0 Å². The lowest BCUT2D eigenvalue weighted by Crippen LogP contribution is -2.43. The molecule has 1 aromatic rings. The zero-order valence-electron chi connectivity index (χ0n) is 11.6. The highest BCUT2D eigenvalue weighted by Crippen LogP contribution is 2.20. The number of amides is 1. The molecule has 0 saturated carbocycles. The van der Waals surface area contributed by atoms with E-state index in [0.717, 1.165) is 11.1 Å². The third kappa shape index (κ3) is 4.89. The van der Waals surface area contributed by atoms with E-state index in [2.05, 4.69) is 5.32 Å². The number of carbonyl (C=O) groups is 1. The predicted molar refractivity (Wildman–Crippen MR) is 72.2 cm³/mol. The van der Waals surface area contributed by atoms with Gasteiger partial charge in [0.1, 0.15) is 11.4 Å². The predicted octanol–water partition coefficient (Wildman–Crippen LogP) is 0.406. The molecule has 1 amide bonds.